The normalized spacial score (nSPS) is 11.4. The maximum atomic E-state index is 12.6. The summed E-state index contributed by atoms with van der Waals surface area (Å²) < 4.78 is 1.78. The van der Waals surface area contributed by atoms with E-state index in [1.165, 1.54) is 0 Å². The highest BCUT2D eigenvalue weighted by Gasteiger charge is 2.14. The van der Waals surface area contributed by atoms with E-state index in [0.29, 0.717) is 28.9 Å². The minimum absolute atomic E-state index is 0.0235. The number of Topliss-reactive ketones (excluding diaryl/α,β-unsaturated/α-hetero) is 1. The lowest BCUT2D eigenvalue weighted by atomic mass is 10.0. The van der Waals surface area contributed by atoms with E-state index in [9.17, 15) is 9.59 Å². The van der Waals surface area contributed by atoms with E-state index < -0.39 is 0 Å². The number of aromatic nitrogens is 4. The maximum absolute atomic E-state index is 12.6. The quantitative estimate of drug-likeness (QED) is 0.501. The number of carbonyl (C=O) groups is 1. The molecule has 0 aliphatic rings. The molecule has 0 amide bonds. The average Bonchev–Trinajstić information content (AvgIpc) is 3.12. The van der Waals surface area contributed by atoms with Gasteiger partial charge in [-0.25, -0.2) is 0 Å². The van der Waals surface area contributed by atoms with Gasteiger partial charge in [0, 0.05) is 23.4 Å². The van der Waals surface area contributed by atoms with Crippen LogP contribution in [0.3, 0.4) is 0 Å². The lowest BCUT2D eigenvalue weighted by molar-refractivity contribution is 0.0983. The predicted octanol–water partition coefficient (Wildman–Crippen LogP) is 3.99. The Morgan fingerprint density at radius 1 is 1.11 bits per heavy atom. The number of carbonyl (C=O) groups excluding carboxylic acids is 1. The SMILES string of the molecule is CCCc1nnc2c(=O)[nH]c3cc(C(=O)CCc4ccc(Cl)cc4)ccc3n12. The van der Waals surface area contributed by atoms with E-state index in [0.717, 1.165) is 29.7 Å². The molecule has 6 nitrogen and oxygen atoms in total. The second-order valence-corrected chi connectivity index (χ2v) is 7.20. The Bertz CT molecular complexity index is 1230. The molecule has 2 heterocycles. The average molecular weight is 395 g/mol. The van der Waals surface area contributed by atoms with Crippen LogP contribution in [-0.2, 0) is 12.8 Å². The van der Waals surface area contributed by atoms with Crippen LogP contribution in [-0.4, -0.2) is 25.4 Å². The van der Waals surface area contributed by atoms with Gasteiger partial charge >= 0.3 is 0 Å². The fraction of sp³-hybridized carbons (Fsp3) is 0.238. The van der Waals surface area contributed by atoms with Crippen LogP contribution in [0.1, 0.15) is 41.5 Å². The number of nitrogens with one attached hydrogen (secondary N) is 1. The van der Waals surface area contributed by atoms with Gasteiger partial charge in [0.2, 0.25) is 5.65 Å². The van der Waals surface area contributed by atoms with Gasteiger partial charge in [-0.3, -0.25) is 14.0 Å². The first-order valence-electron chi connectivity index (χ1n) is 9.24. The molecule has 0 atom stereocenters. The first kappa shape index (κ1) is 18.4. The monoisotopic (exact) mass is 394 g/mol. The van der Waals surface area contributed by atoms with Crippen molar-refractivity contribution in [1.82, 2.24) is 19.6 Å². The lowest BCUT2D eigenvalue weighted by Gasteiger charge is -2.07. The number of H-pyrrole nitrogens is 1. The van der Waals surface area contributed by atoms with E-state index in [-0.39, 0.29) is 17.0 Å². The lowest BCUT2D eigenvalue weighted by Crippen LogP contribution is -2.12. The number of rotatable bonds is 6. The number of halogens is 1. The summed E-state index contributed by atoms with van der Waals surface area (Å²) in [6.45, 7) is 2.05. The zero-order chi connectivity index (χ0) is 19.7. The molecule has 4 aromatic rings. The fourth-order valence-electron chi connectivity index (χ4n) is 3.34. The van der Waals surface area contributed by atoms with Gasteiger partial charge in [-0.2, -0.15) is 0 Å². The standard InChI is InChI=1S/C21H19ClN4O2/c1-2-3-19-24-25-20-21(28)23-16-12-14(7-10-17(16)26(19)20)18(27)11-6-13-4-8-15(22)9-5-13/h4-5,7-10,12H,2-3,6,11H2,1H3,(H,23,28). The highest BCUT2D eigenvalue weighted by Crippen LogP contribution is 2.18. The summed E-state index contributed by atoms with van der Waals surface area (Å²) in [6, 6.07) is 12.9. The van der Waals surface area contributed by atoms with E-state index in [4.69, 9.17) is 11.6 Å². The number of aryl methyl sites for hydroxylation is 2. The molecule has 4 rings (SSSR count). The van der Waals surface area contributed by atoms with Gasteiger partial charge in [0.25, 0.3) is 5.56 Å². The van der Waals surface area contributed by atoms with Crippen LogP contribution >= 0.6 is 11.6 Å². The molecular weight excluding hydrogens is 376 g/mol. The summed E-state index contributed by atoms with van der Waals surface area (Å²) in [5.41, 5.74) is 2.99. The van der Waals surface area contributed by atoms with Gasteiger partial charge in [0.1, 0.15) is 5.82 Å². The Labute approximate surface area is 166 Å². The molecule has 0 fully saturated rings. The third-order valence-electron chi connectivity index (χ3n) is 4.77. The van der Waals surface area contributed by atoms with Crippen molar-refractivity contribution >= 4 is 34.1 Å². The summed E-state index contributed by atoms with van der Waals surface area (Å²) in [6.07, 6.45) is 2.64. The highest BCUT2D eigenvalue weighted by atomic mass is 35.5. The van der Waals surface area contributed by atoms with Gasteiger partial charge in [-0.05, 0) is 48.7 Å². The number of fused-ring (bicyclic) bond motifs is 3. The molecule has 0 spiro atoms. The van der Waals surface area contributed by atoms with E-state index >= 15 is 0 Å². The molecule has 0 bridgehead atoms. The van der Waals surface area contributed by atoms with Crippen molar-refractivity contribution in [2.45, 2.75) is 32.6 Å². The molecule has 7 heteroatoms. The van der Waals surface area contributed by atoms with Crippen LogP contribution in [0, 0.1) is 0 Å². The Hall–Kier alpha value is -2.99. The molecule has 0 saturated heterocycles. The van der Waals surface area contributed by atoms with Crippen LogP contribution < -0.4 is 5.56 Å². The first-order chi connectivity index (χ1) is 13.6. The Kier molecular flexibility index (Phi) is 4.96. The summed E-state index contributed by atoms with van der Waals surface area (Å²) >= 11 is 5.90. The summed E-state index contributed by atoms with van der Waals surface area (Å²) in [4.78, 5) is 27.8. The van der Waals surface area contributed by atoms with Crippen molar-refractivity contribution in [2.24, 2.45) is 0 Å². The molecule has 2 aromatic heterocycles. The Morgan fingerprint density at radius 3 is 2.64 bits per heavy atom. The number of hydrogen-bond acceptors (Lipinski definition) is 4. The van der Waals surface area contributed by atoms with Crippen LogP contribution in [0.2, 0.25) is 5.02 Å². The number of aromatic amines is 1. The van der Waals surface area contributed by atoms with Crippen molar-refractivity contribution < 1.29 is 4.79 Å². The van der Waals surface area contributed by atoms with Gasteiger partial charge in [-0.1, -0.05) is 30.7 Å². The molecule has 0 aliphatic carbocycles. The third-order valence-corrected chi connectivity index (χ3v) is 5.02. The minimum Gasteiger partial charge on any atom is -0.317 e. The van der Waals surface area contributed by atoms with Crippen molar-refractivity contribution in [3.63, 3.8) is 0 Å². The second kappa shape index (κ2) is 7.56. The fourth-order valence-corrected chi connectivity index (χ4v) is 3.46. The molecule has 28 heavy (non-hydrogen) atoms. The van der Waals surface area contributed by atoms with Crippen LogP contribution in [0.4, 0.5) is 0 Å². The van der Waals surface area contributed by atoms with Gasteiger partial charge in [-0.15, -0.1) is 10.2 Å². The van der Waals surface area contributed by atoms with E-state index in [1.54, 1.807) is 16.5 Å². The number of hydrogen-bond donors (Lipinski definition) is 1. The van der Waals surface area contributed by atoms with Gasteiger partial charge in [0.15, 0.2) is 5.78 Å². The van der Waals surface area contributed by atoms with Crippen LogP contribution in [0.15, 0.2) is 47.3 Å². The van der Waals surface area contributed by atoms with E-state index in [1.807, 2.05) is 37.3 Å². The Morgan fingerprint density at radius 2 is 1.89 bits per heavy atom. The zero-order valence-corrected chi connectivity index (χ0v) is 16.2. The summed E-state index contributed by atoms with van der Waals surface area (Å²) in [5.74, 6) is 0.769. The Balaban J connectivity index is 1.66. The van der Waals surface area contributed by atoms with Crippen LogP contribution in [0.5, 0.6) is 0 Å². The topological polar surface area (TPSA) is 80.1 Å². The molecule has 0 radical (unpaired) electrons. The maximum Gasteiger partial charge on any atom is 0.294 e. The second-order valence-electron chi connectivity index (χ2n) is 6.76. The minimum atomic E-state index is -0.312. The van der Waals surface area contributed by atoms with Crippen molar-refractivity contribution in [3.8, 4) is 0 Å². The van der Waals surface area contributed by atoms with Crippen molar-refractivity contribution in [3.05, 3.63) is 74.8 Å². The zero-order valence-electron chi connectivity index (χ0n) is 15.4. The summed E-state index contributed by atoms with van der Waals surface area (Å²) in [7, 11) is 0. The highest BCUT2D eigenvalue weighted by molar-refractivity contribution is 6.30. The molecule has 2 aromatic carbocycles. The van der Waals surface area contributed by atoms with E-state index in [2.05, 4.69) is 15.2 Å². The third kappa shape index (κ3) is 3.43. The van der Waals surface area contributed by atoms with Gasteiger partial charge in [0.05, 0.1) is 11.0 Å². The molecule has 1 N–H and O–H groups in total. The smallest absolute Gasteiger partial charge is 0.294 e. The molecule has 142 valence electrons. The van der Waals surface area contributed by atoms with Gasteiger partial charge < -0.3 is 4.98 Å². The number of nitrogens with zero attached hydrogens (tertiary/aromatic N) is 3. The molecular formula is C21H19ClN4O2. The summed E-state index contributed by atoms with van der Waals surface area (Å²) in [5, 5.41) is 8.82. The molecule has 0 aliphatic heterocycles. The number of ketones is 1. The predicted molar refractivity (Wildman–Crippen MR) is 109 cm³/mol. The number of benzene rings is 2. The van der Waals surface area contributed by atoms with Crippen LogP contribution in [0.25, 0.3) is 16.7 Å². The van der Waals surface area contributed by atoms with Crippen molar-refractivity contribution in [2.75, 3.05) is 0 Å². The largest absolute Gasteiger partial charge is 0.317 e. The molecule has 0 unspecified atom stereocenters. The molecule has 0 saturated carbocycles. The van der Waals surface area contributed by atoms with Crippen molar-refractivity contribution in [1.29, 1.82) is 0 Å². The first-order valence-corrected chi connectivity index (χ1v) is 9.62.